The second-order valence-corrected chi connectivity index (χ2v) is 7.95. The van der Waals surface area contributed by atoms with Gasteiger partial charge in [-0.1, -0.05) is 59.6 Å². The molecule has 176 valence electrons. The lowest BCUT2D eigenvalue weighted by Crippen LogP contribution is -2.38. The minimum absolute atomic E-state index is 0.274. The average molecular weight is 500 g/mol. The summed E-state index contributed by atoms with van der Waals surface area (Å²) in [6.07, 6.45) is 2.03. The molecule has 3 aromatic carbocycles. The summed E-state index contributed by atoms with van der Waals surface area (Å²) in [5.74, 6) is -0.601. The van der Waals surface area contributed by atoms with Gasteiger partial charge in [-0.2, -0.15) is 5.10 Å². The van der Waals surface area contributed by atoms with Crippen molar-refractivity contribution in [2.45, 2.75) is 13.0 Å². The Labute approximate surface area is 207 Å². The fraction of sp³-hybridized carbons (Fsp3) is 0.160. The zero-order valence-corrected chi connectivity index (χ0v) is 19.9. The van der Waals surface area contributed by atoms with Crippen LogP contribution in [0.3, 0.4) is 0 Å². The lowest BCUT2D eigenvalue weighted by molar-refractivity contribution is -0.139. The summed E-state index contributed by atoms with van der Waals surface area (Å²) in [7, 11) is 1.52. The van der Waals surface area contributed by atoms with Crippen molar-refractivity contribution in [3.05, 3.63) is 93.5 Å². The van der Waals surface area contributed by atoms with Crippen molar-refractivity contribution in [2.75, 3.05) is 13.7 Å². The zero-order chi connectivity index (χ0) is 24.3. The third kappa shape index (κ3) is 7.50. The highest BCUT2D eigenvalue weighted by molar-refractivity contribution is 6.42. The Kier molecular flexibility index (Phi) is 9.31. The highest BCUT2D eigenvalue weighted by Gasteiger charge is 2.12. The molecule has 0 fully saturated rings. The number of hydrogen-bond acceptors (Lipinski definition) is 5. The van der Waals surface area contributed by atoms with Crippen LogP contribution in [-0.2, 0) is 22.6 Å². The number of amides is 2. The normalized spacial score (nSPS) is 10.7. The molecule has 0 spiro atoms. The zero-order valence-electron chi connectivity index (χ0n) is 18.4. The molecule has 3 rings (SSSR count). The van der Waals surface area contributed by atoms with Crippen molar-refractivity contribution in [2.24, 2.45) is 5.10 Å². The van der Waals surface area contributed by atoms with Crippen molar-refractivity contribution in [3.8, 4) is 11.5 Å². The molecular formula is C25H23Cl2N3O4. The summed E-state index contributed by atoms with van der Waals surface area (Å²) < 4.78 is 11.2. The van der Waals surface area contributed by atoms with Gasteiger partial charge < -0.3 is 14.8 Å². The van der Waals surface area contributed by atoms with E-state index in [2.05, 4.69) is 15.8 Å². The second-order valence-electron chi connectivity index (χ2n) is 7.14. The van der Waals surface area contributed by atoms with Crippen LogP contribution in [0, 0.1) is 0 Å². The SMILES string of the molecule is COc1cc(/C=N\NC(=O)C(=O)NCCc2ccccc2)ccc1OCc1ccc(Cl)c(Cl)c1. The third-order valence-electron chi connectivity index (χ3n) is 4.69. The van der Waals surface area contributed by atoms with Crippen LogP contribution in [0.5, 0.6) is 11.5 Å². The van der Waals surface area contributed by atoms with Gasteiger partial charge in [-0.25, -0.2) is 5.43 Å². The summed E-state index contributed by atoms with van der Waals surface area (Å²) in [4.78, 5) is 23.8. The molecule has 0 aliphatic carbocycles. The predicted octanol–water partition coefficient (Wildman–Crippen LogP) is 4.39. The summed E-state index contributed by atoms with van der Waals surface area (Å²) in [5, 5.41) is 7.33. The van der Waals surface area contributed by atoms with Gasteiger partial charge in [0.05, 0.1) is 23.4 Å². The molecule has 0 radical (unpaired) electrons. The number of nitrogens with one attached hydrogen (secondary N) is 2. The number of carbonyl (C=O) groups is 2. The van der Waals surface area contributed by atoms with Gasteiger partial charge in [-0.3, -0.25) is 9.59 Å². The van der Waals surface area contributed by atoms with E-state index in [0.29, 0.717) is 40.1 Å². The van der Waals surface area contributed by atoms with Gasteiger partial charge in [-0.05, 0) is 53.4 Å². The molecule has 0 bridgehead atoms. The van der Waals surface area contributed by atoms with Crippen molar-refractivity contribution in [3.63, 3.8) is 0 Å². The van der Waals surface area contributed by atoms with E-state index < -0.39 is 11.8 Å². The van der Waals surface area contributed by atoms with Crippen LogP contribution in [0.25, 0.3) is 0 Å². The van der Waals surface area contributed by atoms with Crippen LogP contribution in [0.2, 0.25) is 10.0 Å². The van der Waals surface area contributed by atoms with Crippen molar-refractivity contribution >= 4 is 41.2 Å². The minimum atomic E-state index is -0.849. The van der Waals surface area contributed by atoms with E-state index in [4.69, 9.17) is 32.7 Å². The molecule has 2 amide bonds. The first-order chi connectivity index (χ1) is 16.5. The van der Waals surface area contributed by atoms with Gasteiger partial charge in [0.1, 0.15) is 6.61 Å². The number of nitrogens with zero attached hydrogens (tertiary/aromatic N) is 1. The number of hydrazone groups is 1. The number of methoxy groups -OCH3 is 1. The average Bonchev–Trinajstić information content (AvgIpc) is 2.85. The van der Waals surface area contributed by atoms with Crippen molar-refractivity contribution in [1.29, 1.82) is 0 Å². The van der Waals surface area contributed by atoms with E-state index in [1.165, 1.54) is 13.3 Å². The first-order valence-corrected chi connectivity index (χ1v) is 11.1. The van der Waals surface area contributed by atoms with Crippen LogP contribution in [0.1, 0.15) is 16.7 Å². The number of halogens is 2. The Bertz CT molecular complexity index is 1170. The minimum Gasteiger partial charge on any atom is -0.493 e. The molecule has 3 aromatic rings. The lowest BCUT2D eigenvalue weighted by atomic mass is 10.1. The molecular weight excluding hydrogens is 477 g/mol. The van der Waals surface area contributed by atoms with E-state index in [-0.39, 0.29) is 6.61 Å². The van der Waals surface area contributed by atoms with Crippen LogP contribution in [0.4, 0.5) is 0 Å². The van der Waals surface area contributed by atoms with Crippen LogP contribution in [0.15, 0.2) is 71.8 Å². The van der Waals surface area contributed by atoms with Crippen molar-refractivity contribution in [1.82, 2.24) is 10.7 Å². The molecule has 34 heavy (non-hydrogen) atoms. The molecule has 0 saturated heterocycles. The number of hydrogen-bond donors (Lipinski definition) is 2. The van der Waals surface area contributed by atoms with Gasteiger partial charge in [0.15, 0.2) is 11.5 Å². The first-order valence-electron chi connectivity index (χ1n) is 10.4. The maximum atomic E-state index is 11.9. The molecule has 0 aromatic heterocycles. The van der Waals surface area contributed by atoms with Gasteiger partial charge in [0.2, 0.25) is 0 Å². The fourth-order valence-corrected chi connectivity index (χ4v) is 3.26. The smallest absolute Gasteiger partial charge is 0.329 e. The van der Waals surface area contributed by atoms with Crippen LogP contribution < -0.4 is 20.2 Å². The molecule has 0 heterocycles. The maximum absolute atomic E-state index is 11.9. The highest BCUT2D eigenvalue weighted by atomic mass is 35.5. The molecule has 0 unspecified atom stereocenters. The van der Waals surface area contributed by atoms with E-state index in [1.807, 2.05) is 36.4 Å². The van der Waals surface area contributed by atoms with Gasteiger partial charge >= 0.3 is 11.8 Å². The quantitative estimate of drug-likeness (QED) is 0.259. The number of carbonyl (C=O) groups excluding carboxylic acids is 2. The third-order valence-corrected chi connectivity index (χ3v) is 5.43. The second kappa shape index (κ2) is 12.6. The van der Waals surface area contributed by atoms with Crippen molar-refractivity contribution < 1.29 is 19.1 Å². The standard InChI is InChI=1S/C25H23Cl2N3O4/c1-33-23-14-18(8-10-22(23)34-16-19-7-9-20(26)21(27)13-19)15-29-30-25(32)24(31)28-12-11-17-5-3-2-4-6-17/h2-10,13-15H,11-12,16H2,1H3,(H,28,31)(H,30,32)/b29-15-. The number of rotatable bonds is 9. The Balaban J connectivity index is 1.49. The molecule has 2 N–H and O–H groups in total. The van der Waals surface area contributed by atoms with E-state index in [1.54, 1.807) is 30.3 Å². The maximum Gasteiger partial charge on any atom is 0.329 e. The summed E-state index contributed by atoms with van der Waals surface area (Å²) in [6, 6.07) is 20.1. The van der Waals surface area contributed by atoms with E-state index >= 15 is 0 Å². The van der Waals surface area contributed by atoms with E-state index in [0.717, 1.165) is 11.1 Å². The molecule has 7 nitrogen and oxygen atoms in total. The number of ether oxygens (including phenoxy) is 2. The fourth-order valence-electron chi connectivity index (χ4n) is 2.94. The molecule has 9 heteroatoms. The summed E-state index contributed by atoms with van der Waals surface area (Å²) in [5.41, 5.74) is 4.78. The first kappa shape index (κ1) is 25.1. The van der Waals surface area contributed by atoms with Crippen LogP contribution in [-0.4, -0.2) is 31.7 Å². The largest absolute Gasteiger partial charge is 0.493 e. The Morgan fingerprint density at radius 3 is 2.44 bits per heavy atom. The highest BCUT2D eigenvalue weighted by Crippen LogP contribution is 2.29. The predicted molar refractivity (Wildman–Crippen MR) is 133 cm³/mol. The topological polar surface area (TPSA) is 89.0 Å². The molecule has 0 saturated carbocycles. The Hall–Kier alpha value is -3.55. The van der Waals surface area contributed by atoms with Gasteiger partial charge in [0.25, 0.3) is 0 Å². The lowest BCUT2D eigenvalue weighted by Gasteiger charge is -2.11. The molecule has 0 aliphatic rings. The monoisotopic (exact) mass is 499 g/mol. The summed E-state index contributed by atoms with van der Waals surface area (Å²) in [6.45, 7) is 0.622. The Morgan fingerprint density at radius 1 is 0.912 bits per heavy atom. The van der Waals surface area contributed by atoms with Gasteiger partial charge in [0, 0.05) is 6.54 Å². The molecule has 0 atom stereocenters. The number of benzene rings is 3. The summed E-state index contributed by atoms with van der Waals surface area (Å²) >= 11 is 12.0. The van der Waals surface area contributed by atoms with Gasteiger partial charge in [-0.15, -0.1) is 0 Å². The Morgan fingerprint density at radius 2 is 1.71 bits per heavy atom. The van der Waals surface area contributed by atoms with Crippen LogP contribution >= 0.6 is 23.2 Å². The van der Waals surface area contributed by atoms with E-state index in [9.17, 15) is 9.59 Å². The molecule has 0 aliphatic heterocycles.